The fraction of sp³-hybridized carbons (Fsp3) is 0.250. The van der Waals surface area contributed by atoms with Crippen LogP contribution in [0.15, 0.2) is 35.4 Å². The van der Waals surface area contributed by atoms with Crippen molar-refractivity contribution in [2.24, 2.45) is 7.05 Å². The van der Waals surface area contributed by atoms with Gasteiger partial charge in [0.1, 0.15) is 0 Å². The second-order valence-electron chi connectivity index (χ2n) is 5.68. The van der Waals surface area contributed by atoms with Crippen LogP contribution >= 0.6 is 0 Å². The van der Waals surface area contributed by atoms with Crippen molar-refractivity contribution in [1.82, 2.24) is 14.8 Å². The summed E-state index contributed by atoms with van der Waals surface area (Å²) in [6.45, 7) is 5.58. The molecule has 120 valence electrons. The summed E-state index contributed by atoms with van der Waals surface area (Å²) in [5, 5.41) is 5.11. The molecule has 0 amide bonds. The van der Waals surface area contributed by atoms with Crippen LogP contribution in [0.25, 0.3) is 11.0 Å². The first kappa shape index (κ1) is 15.5. The average molecular weight is 330 g/mol. The molecule has 1 aromatic carbocycles. The summed E-state index contributed by atoms with van der Waals surface area (Å²) in [6.07, 6.45) is 1.50. The summed E-state index contributed by atoms with van der Waals surface area (Å²) in [4.78, 5) is 4.56. The van der Waals surface area contributed by atoms with Crippen molar-refractivity contribution in [3.8, 4) is 0 Å². The molecular weight excluding hydrogens is 312 g/mol. The second kappa shape index (κ2) is 5.34. The number of anilines is 1. The molecule has 6 nitrogen and oxygen atoms in total. The van der Waals surface area contributed by atoms with Gasteiger partial charge in [-0.2, -0.15) is 5.10 Å². The van der Waals surface area contributed by atoms with Crippen LogP contribution in [0.2, 0.25) is 0 Å². The molecule has 23 heavy (non-hydrogen) atoms. The Kier molecular flexibility index (Phi) is 3.60. The second-order valence-corrected chi connectivity index (χ2v) is 7.33. The van der Waals surface area contributed by atoms with Gasteiger partial charge in [0.25, 0.3) is 10.0 Å². The van der Waals surface area contributed by atoms with Crippen LogP contribution in [-0.2, 0) is 17.1 Å². The fourth-order valence-electron chi connectivity index (χ4n) is 2.67. The van der Waals surface area contributed by atoms with E-state index >= 15 is 0 Å². The monoisotopic (exact) mass is 330 g/mol. The molecule has 7 heteroatoms. The third-order valence-electron chi connectivity index (χ3n) is 3.74. The highest BCUT2D eigenvalue weighted by molar-refractivity contribution is 7.92. The largest absolute Gasteiger partial charge is 0.278 e. The first-order valence-electron chi connectivity index (χ1n) is 7.17. The van der Waals surface area contributed by atoms with E-state index in [4.69, 9.17) is 0 Å². The van der Waals surface area contributed by atoms with Gasteiger partial charge in [-0.05, 0) is 38.5 Å². The number of pyridine rings is 1. The molecule has 0 unspecified atom stereocenters. The molecule has 0 fully saturated rings. The van der Waals surface area contributed by atoms with Crippen molar-refractivity contribution in [2.45, 2.75) is 25.7 Å². The number of aromatic nitrogens is 3. The van der Waals surface area contributed by atoms with E-state index < -0.39 is 10.0 Å². The Labute approximate surface area is 135 Å². The quantitative estimate of drug-likeness (QED) is 0.801. The number of hydrogen-bond donors (Lipinski definition) is 1. The lowest BCUT2D eigenvalue weighted by Gasteiger charge is -2.11. The molecule has 2 aromatic heterocycles. The maximum atomic E-state index is 12.6. The minimum absolute atomic E-state index is 0.270. The van der Waals surface area contributed by atoms with Crippen molar-refractivity contribution < 1.29 is 8.42 Å². The highest BCUT2D eigenvalue weighted by atomic mass is 32.2. The van der Waals surface area contributed by atoms with Crippen LogP contribution < -0.4 is 4.72 Å². The van der Waals surface area contributed by atoms with Gasteiger partial charge in [-0.15, -0.1) is 0 Å². The molecule has 0 saturated heterocycles. The lowest BCUT2D eigenvalue weighted by Crippen LogP contribution is -2.14. The van der Waals surface area contributed by atoms with Gasteiger partial charge in [0.2, 0.25) is 0 Å². The van der Waals surface area contributed by atoms with E-state index in [1.54, 1.807) is 29.8 Å². The summed E-state index contributed by atoms with van der Waals surface area (Å²) in [6, 6.07) is 7.01. The average Bonchev–Trinajstić information content (AvgIpc) is 2.72. The maximum Gasteiger partial charge on any atom is 0.262 e. The van der Waals surface area contributed by atoms with E-state index in [1.165, 1.54) is 6.20 Å². The minimum Gasteiger partial charge on any atom is -0.278 e. The zero-order valence-corrected chi connectivity index (χ0v) is 14.3. The molecule has 1 N–H and O–H groups in total. The van der Waals surface area contributed by atoms with E-state index in [9.17, 15) is 8.42 Å². The molecule has 0 atom stereocenters. The van der Waals surface area contributed by atoms with Gasteiger partial charge in [-0.1, -0.05) is 17.7 Å². The molecular formula is C16H18N4O2S. The Bertz CT molecular complexity index is 1010. The Balaban J connectivity index is 2.02. The van der Waals surface area contributed by atoms with Crippen molar-refractivity contribution >= 4 is 26.7 Å². The third kappa shape index (κ3) is 2.79. The number of sulfonamides is 1. The summed E-state index contributed by atoms with van der Waals surface area (Å²) >= 11 is 0. The van der Waals surface area contributed by atoms with Crippen molar-refractivity contribution in [3.63, 3.8) is 0 Å². The van der Waals surface area contributed by atoms with Crippen molar-refractivity contribution in [3.05, 3.63) is 47.3 Å². The molecule has 2 heterocycles. The van der Waals surface area contributed by atoms with E-state index in [1.807, 2.05) is 27.0 Å². The third-order valence-corrected chi connectivity index (χ3v) is 5.28. The predicted octanol–water partition coefficient (Wildman–Crippen LogP) is 2.69. The van der Waals surface area contributed by atoms with Crippen LogP contribution in [0, 0.1) is 20.8 Å². The van der Waals surface area contributed by atoms with Crippen molar-refractivity contribution in [1.29, 1.82) is 0 Å². The number of fused-ring (bicyclic) bond motifs is 1. The molecule has 3 rings (SSSR count). The zero-order valence-electron chi connectivity index (χ0n) is 13.5. The number of nitrogens with one attached hydrogen (secondary N) is 1. The molecule has 0 bridgehead atoms. The van der Waals surface area contributed by atoms with Crippen LogP contribution in [0.3, 0.4) is 0 Å². The lowest BCUT2D eigenvalue weighted by molar-refractivity contribution is 0.600. The SMILES string of the molecule is Cc1ccc(S(=O)(=O)Nc2cnc3c(c2)c(C)nn3C)c(C)c1. The van der Waals surface area contributed by atoms with Gasteiger partial charge in [0.05, 0.1) is 22.5 Å². The number of benzene rings is 1. The Morgan fingerprint density at radius 3 is 2.57 bits per heavy atom. The molecule has 0 saturated carbocycles. The van der Waals surface area contributed by atoms with Crippen molar-refractivity contribution in [2.75, 3.05) is 4.72 Å². The van der Waals surface area contributed by atoms with Gasteiger partial charge in [-0.25, -0.2) is 13.4 Å². The van der Waals surface area contributed by atoms with Gasteiger partial charge >= 0.3 is 0 Å². The van der Waals surface area contributed by atoms with E-state index in [0.29, 0.717) is 11.3 Å². The summed E-state index contributed by atoms with van der Waals surface area (Å²) in [5.41, 5.74) is 3.69. The first-order chi connectivity index (χ1) is 10.8. The molecule has 0 aliphatic heterocycles. The summed E-state index contributed by atoms with van der Waals surface area (Å²) in [7, 11) is -1.85. The number of rotatable bonds is 3. The molecule has 0 radical (unpaired) electrons. The molecule has 0 spiro atoms. The summed E-state index contributed by atoms with van der Waals surface area (Å²) < 4.78 is 29.5. The minimum atomic E-state index is -3.65. The van der Waals surface area contributed by atoms with Crippen LogP contribution in [0.5, 0.6) is 0 Å². The Hall–Kier alpha value is -2.41. The topological polar surface area (TPSA) is 76.9 Å². The van der Waals surface area contributed by atoms with E-state index in [0.717, 1.165) is 22.3 Å². The summed E-state index contributed by atoms with van der Waals surface area (Å²) in [5.74, 6) is 0. The van der Waals surface area contributed by atoms with E-state index in [2.05, 4.69) is 14.8 Å². The number of nitrogens with zero attached hydrogens (tertiary/aromatic N) is 3. The van der Waals surface area contributed by atoms with Gasteiger partial charge in [0.15, 0.2) is 5.65 Å². The lowest BCUT2D eigenvalue weighted by atomic mass is 10.2. The van der Waals surface area contributed by atoms with Gasteiger partial charge in [-0.3, -0.25) is 9.40 Å². The fourth-order valence-corrected chi connectivity index (χ4v) is 3.94. The van der Waals surface area contributed by atoms with Gasteiger partial charge in [0, 0.05) is 12.4 Å². The smallest absolute Gasteiger partial charge is 0.262 e. The number of aryl methyl sites for hydroxylation is 4. The first-order valence-corrected chi connectivity index (χ1v) is 8.66. The molecule has 0 aliphatic carbocycles. The molecule has 0 aliphatic rings. The van der Waals surface area contributed by atoms with Crippen LogP contribution in [0.1, 0.15) is 16.8 Å². The Morgan fingerprint density at radius 1 is 1.13 bits per heavy atom. The van der Waals surface area contributed by atoms with Crippen LogP contribution in [-0.4, -0.2) is 23.2 Å². The van der Waals surface area contributed by atoms with E-state index in [-0.39, 0.29) is 4.90 Å². The highest BCUT2D eigenvalue weighted by Crippen LogP contribution is 2.23. The molecule has 3 aromatic rings. The number of hydrogen-bond acceptors (Lipinski definition) is 4. The zero-order chi connectivity index (χ0) is 16.8. The maximum absolute atomic E-state index is 12.6. The highest BCUT2D eigenvalue weighted by Gasteiger charge is 2.18. The standard InChI is InChI=1S/C16H18N4O2S/c1-10-5-6-15(11(2)7-10)23(21,22)19-13-8-14-12(3)18-20(4)16(14)17-9-13/h5-9,19H,1-4H3. The Morgan fingerprint density at radius 2 is 1.87 bits per heavy atom. The predicted molar refractivity (Wildman–Crippen MR) is 90.0 cm³/mol. The van der Waals surface area contributed by atoms with Gasteiger partial charge < -0.3 is 0 Å². The normalized spacial score (nSPS) is 11.8. The van der Waals surface area contributed by atoms with Crippen LogP contribution in [0.4, 0.5) is 5.69 Å².